The number of benzene rings is 3. The van der Waals surface area contributed by atoms with E-state index in [9.17, 15) is 14.7 Å². The summed E-state index contributed by atoms with van der Waals surface area (Å²) in [6.07, 6.45) is 0.802. The van der Waals surface area contributed by atoms with E-state index in [-0.39, 0.29) is 16.3 Å². The summed E-state index contributed by atoms with van der Waals surface area (Å²) in [7, 11) is 0. The van der Waals surface area contributed by atoms with Crippen molar-refractivity contribution < 1.29 is 23.8 Å². The van der Waals surface area contributed by atoms with Gasteiger partial charge in [0.15, 0.2) is 5.13 Å². The highest BCUT2D eigenvalue weighted by Crippen LogP contribution is 2.45. The number of ketones is 1. The first-order chi connectivity index (χ1) is 17.4. The van der Waals surface area contributed by atoms with E-state index in [0.29, 0.717) is 23.4 Å². The van der Waals surface area contributed by atoms with E-state index in [1.807, 2.05) is 32.0 Å². The number of hydrogen-bond acceptors (Lipinski definition) is 6. The Bertz CT molecular complexity index is 1530. The molecule has 0 spiro atoms. The smallest absolute Gasteiger partial charge is 0.301 e. The standard InChI is InChI=1S/C28H23FN2O4S/c1-3-13-35-18-8-6-7-17(15-18)25(32)23-24(19-9-4-5-10-20(19)29)31(27(34)26(23)33)28-30-21-12-11-16(2)14-22(21)36-28/h4-12,14-15,24,32H,3,13H2,1-2H3/b25-23+. The summed E-state index contributed by atoms with van der Waals surface area (Å²) in [5, 5.41) is 11.6. The van der Waals surface area contributed by atoms with Crippen molar-refractivity contribution in [1.82, 2.24) is 4.98 Å². The van der Waals surface area contributed by atoms with E-state index in [2.05, 4.69) is 4.98 Å². The van der Waals surface area contributed by atoms with E-state index in [1.165, 1.54) is 34.4 Å². The molecule has 0 radical (unpaired) electrons. The van der Waals surface area contributed by atoms with Gasteiger partial charge in [-0.1, -0.05) is 54.7 Å². The first kappa shape index (κ1) is 23.7. The molecule has 1 atom stereocenters. The van der Waals surface area contributed by atoms with Gasteiger partial charge in [0.1, 0.15) is 23.4 Å². The third-order valence-corrected chi connectivity index (χ3v) is 6.98. The molecule has 182 valence electrons. The molecule has 1 unspecified atom stereocenters. The Labute approximate surface area is 211 Å². The van der Waals surface area contributed by atoms with Crippen molar-refractivity contribution in [1.29, 1.82) is 0 Å². The van der Waals surface area contributed by atoms with Gasteiger partial charge in [-0.3, -0.25) is 14.5 Å². The van der Waals surface area contributed by atoms with Crippen LogP contribution in [0.4, 0.5) is 9.52 Å². The zero-order valence-electron chi connectivity index (χ0n) is 19.7. The molecule has 1 fully saturated rings. The first-order valence-corrected chi connectivity index (χ1v) is 12.4. The Kier molecular flexibility index (Phi) is 6.28. The lowest BCUT2D eigenvalue weighted by Gasteiger charge is -2.23. The maximum Gasteiger partial charge on any atom is 0.301 e. The van der Waals surface area contributed by atoms with Crippen molar-refractivity contribution in [2.75, 3.05) is 11.5 Å². The highest BCUT2D eigenvalue weighted by Gasteiger charge is 2.49. The molecule has 0 bridgehead atoms. The number of carbonyl (C=O) groups is 2. The minimum absolute atomic E-state index is 0.0899. The van der Waals surface area contributed by atoms with Crippen LogP contribution in [0.15, 0.2) is 72.3 Å². The van der Waals surface area contributed by atoms with E-state index >= 15 is 4.39 Å². The Morgan fingerprint density at radius 2 is 1.92 bits per heavy atom. The molecular weight excluding hydrogens is 479 g/mol. The van der Waals surface area contributed by atoms with Crippen molar-refractivity contribution in [3.05, 3.63) is 94.8 Å². The van der Waals surface area contributed by atoms with Crippen LogP contribution in [0.1, 0.15) is 36.1 Å². The Morgan fingerprint density at radius 1 is 1.11 bits per heavy atom. The molecular formula is C28H23FN2O4S. The number of anilines is 1. The number of halogens is 1. The van der Waals surface area contributed by atoms with Crippen LogP contribution in [0, 0.1) is 12.7 Å². The van der Waals surface area contributed by atoms with Crippen LogP contribution < -0.4 is 9.64 Å². The zero-order chi connectivity index (χ0) is 25.4. The lowest BCUT2D eigenvalue weighted by Crippen LogP contribution is -2.29. The molecule has 5 rings (SSSR count). The number of hydrogen-bond donors (Lipinski definition) is 1. The monoisotopic (exact) mass is 502 g/mol. The second kappa shape index (κ2) is 9.54. The molecule has 36 heavy (non-hydrogen) atoms. The molecule has 4 aromatic rings. The Balaban J connectivity index is 1.70. The normalized spacial score (nSPS) is 17.2. The molecule has 1 saturated heterocycles. The van der Waals surface area contributed by atoms with Gasteiger partial charge in [-0.15, -0.1) is 0 Å². The van der Waals surface area contributed by atoms with E-state index in [4.69, 9.17) is 4.74 Å². The number of amides is 1. The summed E-state index contributed by atoms with van der Waals surface area (Å²) >= 11 is 1.23. The minimum Gasteiger partial charge on any atom is -0.507 e. The van der Waals surface area contributed by atoms with Crippen LogP contribution >= 0.6 is 11.3 Å². The maximum atomic E-state index is 15.1. The zero-order valence-corrected chi connectivity index (χ0v) is 20.5. The number of carbonyl (C=O) groups excluding carboxylic acids is 2. The molecule has 0 saturated carbocycles. The van der Waals surface area contributed by atoms with Crippen LogP contribution in [0.5, 0.6) is 5.75 Å². The summed E-state index contributed by atoms with van der Waals surface area (Å²) in [5.74, 6) is -2.27. The highest BCUT2D eigenvalue weighted by atomic mass is 32.1. The summed E-state index contributed by atoms with van der Waals surface area (Å²) < 4.78 is 21.6. The fourth-order valence-corrected chi connectivity index (χ4v) is 5.34. The topological polar surface area (TPSA) is 79.7 Å². The Hall–Kier alpha value is -4.04. The number of aliphatic hydroxyl groups excluding tert-OH is 1. The second-order valence-electron chi connectivity index (χ2n) is 8.53. The number of aromatic nitrogens is 1. The summed E-state index contributed by atoms with van der Waals surface area (Å²) in [6.45, 7) is 4.41. The molecule has 1 amide bonds. The molecule has 1 aliphatic heterocycles. The quantitative estimate of drug-likeness (QED) is 0.194. The van der Waals surface area contributed by atoms with Gasteiger partial charge < -0.3 is 9.84 Å². The van der Waals surface area contributed by atoms with Crippen LogP contribution in [-0.2, 0) is 9.59 Å². The number of thiazole rings is 1. The van der Waals surface area contributed by atoms with Gasteiger partial charge in [-0.25, -0.2) is 9.37 Å². The minimum atomic E-state index is -1.19. The van der Waals surface area contributed by atoms with Gasteiger partial charge in [0.05, 0.1) is 22.4 Å². The highest BCUT2D eigenvalue weighted by molar-refractivity contribution is 7.22. The third kappa shape index (κ3) is 4.13. The van der Waals surface area contributed by atoms with E-state index in [0.717, 1.165) is 16.7 Å². The molecule has 1 N–H and O–H groups in total. The van der Waals surface area contributed by atoms with Gasteiger partial charge >= 0.3 is 5.91 Å². The third-order valence-electron chi connectivity index (χ3n) is 5.96. The molecule has 0 aliphatic carbocycles. The van der Waals surface area contributed by atoms with Crippen molar-refractivity contribution in [2.24, 2.45) is 0 Å². The number of aryl methyl sites for hydroxylation is 1. The number of rotatable bonds is 6. The summed E-state index contributed by atoms with van der Waals surface area (Å²) in [5.41, 5.74) is 1.87. The van der Waals surface area contributed by atoms with E-state index in [1.54, 1.807) is 30.3 Å². The van der Waals surface area contributed by atoms with Gasteiger partial charge in [0.2, 0.25) is 0 Å². The fraction of sp³-hybridized carbons (Fsp3) is 0.179. The molecule has 3 aromatic carbocycles. The van der Waals surface area contributed by atoms with Crippen molar-refractivity contribution in [3.63, 3.8) is 0 Å². The molecule has 1 aromatic heterocycles. The average Bonchev–Trinajstić information content (AvgIpc) is 3.40. The summed E-state index contributed by atoms with van der Waals surface area (Å²) in [4.78, 5) is 32.4. The number of ether oxygens (including phenoxy) is 1. The lowest BCUT2D eigenvalue weighted by molar-refractivity contribution is -0.132. The number of Topliss-reactive ketones (excluding diaryl/α,β-unsaturated/α-hetero) is 1. The van der Waals surface area contributed by atoms with Gasteiger partial charge in [0, 0.05) is 11.1 Å². The lowest BCUT2D eigenvalue weighted by atomic mass is 9.95. The number of fused-ring (bicyclic) bond motifs is 1. The van der Waals surface area contributed by atoms with Crippen LogP contribution in [0.3, 0.4) is 0 Å². The van der Waals surface area contributed by atoms with Gasteiger partial charge in [0.25, 0.3) is 5.78 Å². The summed E-state index contributed by atoms with van der Waals surface area (Å²) in [6, 6.07) is 17.0. The fourth-order valence-electron chi connectivity index (χ4n) is 4.25. The van der Waals surface area contributed by atoms with Crippen molar-refractivity contribution in [3.8, 4) is 5.75 Å². The molecule has 8 heteroatoms. The largest absolute Gasteiger partial charge is 0.507 e. The predicted octanol–water partition coefficient (Wildman–Crippen LogP) is 6.16. The predicted molar refractivity (Wildman–Crippen MR) is 138 cm³/mol. The average molecular weight is 503 g/mol. The molecule has 6 nitrogen and oxygen atoms in total. The molecule has 1 aliphatic rings. The maximum absolute atomic E-state index is 15.1. The van der Waals surface area contributed by atoms with Crippen LogP contribution in [0.25, 0.3) is 16.0 Å². The van der Waals surface area contributed by atoms with E-state index < -0.39 is 29.3 Å². The number of aliphatic hydroxyl groups is 1. The SMILES string of the molecule is CCCOc1cccc(/C(O)=C2\C(=O)C(=O)N(c3nc4ccc(C)cc4s3)C2c2ccccc2F)c1. The second-order valence-corrected chi connectivity index (χ2v) is 9.54. The van der Waals surface area contributed by atoms with Crippen LogP contribution in [-0.4, -0.2) is 28.4 Å². The Morgan fingerprint density at radius 3 is 2.69 bits per heavy atom. The van der Waals surface area contributed by atoms with Crippen LogP contribution in [0.2, 0.25) is 0 Å². The molecule has 2 heterocycles. The first-order valence-electron chi connectivity index (χ1n) is 11.5. The van der Waals surface area contributed by atoms with Crippen molar-refractivity contribution in [2.45, 2.75) is 26.3 Å². The van der Waals surface area contributed by atoms with Gasteiger partial charge in [-0.05, 0) is 49.2 Å². The van der Waals surface area contributed by atoms with Crippen molar-refractivity contribution >= 4 is 44.1 Å². The van der Waals surface area contributed by atoms with Gasteiger partial charge in [-0.2, -0.15) is 0 Å². The number of nitrogens with zero attached hydrogens (tertiary/aromatic N) is 2.